The molecule has 0 saturated carbocycles. The second kappa shape index (κ2) is 12.8. The van der Waals surface area contributed by atoms with E-state index in [1.165, 1.54) is 28.5 Å². The Morgan fingerprint density at radius 2 is 1.53 bits per heavy atom. The van der Waals surface area contributed by atoms with Gasteiger partial charge in [0.25, 0.3) is 0 Å². The van der Waals surface area contributed by atoms with E-state index in [9.17, 15) is 5.21 Å². The molecule has 0 aliphatic heterocycles. The van der Waals surface area contributed by atoms with Crippen molar-refractivity contribution in [3.8, 4) is 0 Å². The zero-order chi connectivity index (χ0) is 22.7. The Morgan fingerprint density at radius 3 is 1.93 bits per heavy atom. The molecule has 0 fully saturated rings. The largest absolute Gasteiger partial charge is 0.619 e. The minimum Gasteiger partial charge on any atom is -0.619 e. The Hall–Kier alpha value is -2.61. The van der Waals surface area contributed by atoms with Gasteiger partial charge in [0.15, 0.2) is 12.4 Å². The second-order valence-electron chi connectivity index (χ2n) is 8.81. The molecule has 1 aliphatic carbocycles. The number of hydrogen-bond acceptors (Lipinski definition) is 1. The predicted octanol–water partition coefficient (Wildman–Crippen LogP) is 7.65. The van der Waals surface area contributed by atoms with Gasteiger partial charge in [-0.15, -0.1) is 0 Å². The third-order valence-corrected chi connectivity index (χ3v) is 4.99. The van der Waals surface area contributed by atoms with Crippen LogP contribution in [0.2, 0.25) is 0 Å². The summed E-state index contributed by atoms with van der Waals surface area (Å²) in [6, 6.07) is 12.4. The summed E-state index contributed by atoms with van der Waals surface area (Å²) in [6.45, 7) is 19.1. The van der Waals surface area contributed by atoms with Crippen LogP contribution in [-0.2, 0) is 0 Å². The molecule has 1 aliphatic rings. The molecule has 0 amide bonds. The van der Waals surface area contributed by atoms with Gasteiger partial charge < -0.3 is 5.21 Å². The van der Waals surface area contributed by atoms with E-state index >= 15 is 0 Å². The van der Waals surface area contributed by atoms with Gasteiger partial charge in [0.1, 0.15) is 0 Å². The van der Waals surface area contributed by atoms with Crippen LogP contribution in [0.4, 0.5) is 0 Å². The highest BCUT2D eigenvalue weighted by Crippen LogP contribution is 2.22. The lowest BCUT2D eigenvalue weighted by Gasteiger charge is -2.13. The molecule has 0 radical (unpaired) electrons. The van der Waals surface area contributed by atoms with Gasteiger partial charge in [-0.3, -0.25) is 0 Å². The Bertz CT molecular complexity index is 807. The van der Waals surface area contributed by atoms with Crippen molar-refractivity contribution >= 4 is 0 Å². The number of rotatable bonds is 3. The van der Waals surface area contributed by atoms with E-state index < -0.39 is 0 Å². The van der Waals surface area contributed by atoms with E-state index in [2.05, 4.69) is 97.5 Å². The number of aryl methyl sites for hydroxylation is 1. The van der Waals surface area contributed by atoms with Crippen LogP contribution < -0.4 is 4.73 Å². The average molecular weight is 406 g/mol. The van der Waals surface area contributed by atoms with Crippen LogP contribution in [0.25, 0.3) is 0 Å². The Balaban J connectivity index is 0.000000225. The molecule has 2 heteroatoms. The maximum absolute atomic E-state index is 10.7. The second-order valence-corrected chi connectivity index (χ2v) is 8.81. The summed E-state index contributed by atoms with van der Waals surface area (Å²) in [5.41, 5.74) is 6.59. The lowest BCUT2D eigenvalue weighted by molar-refractivity contribution is -0.605. The summed E-state index contributed by atoms with van der Waals surface area (Å²) in [5, 5.41) is 10.7. The highest BCUT2D eigenvalue weighted by atomic mass is 16.5. The van der Waals surface area contributed by atoms with Crippen molar-refractivity contribution in [3.63, 3.8) is 0 Å². The van der Waals surface area contributed by atoms with Gasteiger partial charge in [-0.1, -0.05) is 107 Å². The Kier molecular flexibility index (Phi) is 10.9. The molecule has 1 heterocycles. The van der Waals surface area contributed by atoms with Crippen molar-refractivity contribution in [2.24, 2.45) is 5.92 Å². The average Bonchev–Trinajstić information content (AvgIpc) is 2.69. The minimum atomic E-state index is 0.432. The van der Waals surface area contributed by atoms with Gasteiger partial charge in [-0.05, 0) is 42.7 Å². The van der Waals surface area contributed by atoms with E-state index in [4.69, 9.17) is 0 Å². The first-order valence-electron chi connectivity index (χ1n) is 10.9. The van der Waals surface area contributed by atoms with Crippen molar-refractivity contribution in [1.29, 1.82) is 0 Å². The number of benzene rings is 1. The number of pyridine rings is 1. The van der Waals surface area contributed by atoms with E-state index in [0.717, 1.165) is 16.7 Å². The van der Waals surface area contributed by atoms with Crippen molar-refractivity contribution < 1.29 is 4.73 Å². The summed E-state index contributed by atoms with van der Waals surface area (Å²) >= 11 is 0. The van der Waals surface area contributed by atoms with E-state index in [1.54, 1.807) is 12.3 Å². The van der Waals surface area contributed by atoms with Gasteiger partial charge in [0.05, 0.1) is 0 Å². The summed E-state index contributed by atoms with van der Waals surface area (Å²) in [6.07, 6.45) is 10.5. The van der Waals surface area contributed by atoms with Crippen LogP contribution in [-0.4, -0.2) is 0 Å². The van der Waals surface area contributed by atoms with Crippen LogP contribution in [0.3, 0.4) is 0 Å². The fourth-order valence-electron chi connectivity index (χ4n) is 2.93. The Labute approximate surface area is 184 Å². The molecule has 1 aromatic carbocycles. The van der Waals surface area contributed by atoms with Gasteiger partial charge in [0, 0.05) is 11.6 Å². The van der Waals surface area contributed by atoms with Crippen LogP contribution in [0.5, 0.6) is 0 Å². The Morgan fingerprint density at radius 1 is 0.900 bits per heavy atom. The smallest absolute Gasteiger partial charge is 0.183 e. The molecule has 162 valence electrons. The normalized spacial score (nSPS) is 12.9. The number of nitrogens with zero attached hydrogens (tertiary/aromatic N) is 1. The fraction of sp³-hybridized carbons (Fsp3) is 0.393. The molecule has 0 unspecified atom stereocenters. The van der Waals surface area contributed by atoms with E-state index in [0.29, 0.717) is 17.8 Å². The highest BCUT2D eigenvalue weighted by molar-refractivity contribution is 5.33. The summed E-state index contributed by atoms with van der Waals surface area (Å²) in [7, 11) is 0. The highest BCUT2D eigenvalue weighted by Gasteiger charge is 2.05. The fourth-order valence-corrected chi connectivity index (χ4v) is 2.93. The van der Waals surface area contributed by atoms with Gasteiger partial charge in [-0.25, -0.2) is 0 Å². The molecule has 0 N–H and O–H groups in total. The number of aromatic nitrogens is 1. The van der Waals surface area contributed by atoms with Crippen LogP contribution >= 0.6 is 0 Å². The van der Waals surface area contributed by atoms with Crippen molar-refractivity contribution in [2.75, 3.05) is 0 Å². The molecule has 0 atom stereocenters. The van der Waals surface area contributed by atoms with Crippen molar-refractivity contribution in [2.45, 2.75) is 66.7 Å². The first kappa shape index (κ1) is 25.4. The quantitative estimate of drug-likeness (QED) is 0.380. The van der Waals surface area contributed by atoms with E-state index in [1.807, 2.05) is 6.07 Å². The monoisotopic (exact) mass is 405 g/mol. The molecule has 0 bridgehead atoms. The molecule has 3 rings (SSSR count). The van der Waals surface area contributed by atoms with Crippen molar-refractivity contribution in [1.82, 2.24) is 0 Å². The maximum Gasteiger partial charge on any atom is 0.183 e. The van der Waals surface area contributed by atoms with Gasteiger partial charge in [0.2, 0.25) is 0 Å². The predicted molar refractivity (Wildman–Crippen MR) is 131 cm³/mol. The standard InChI is InChI=1S/2C10H14.C8H11NO/c2*1-8(2)10-6-4-5-9(3)7-10;1-7(2)8-4-3-5-9(10)6-8/h4-8H,1-3H3;4-6,8H,3,7H2,1-2H3;3-7H,1-2H3. The number of hydrogen-bond donors (Lipinski definition) is 0. The molecule has 0 spiro atoms. The minimum absolute atomic E-state index is 0.432. The van der Waals surface area contributed by atoms with Gasteiger partial charge in [-0.2, -0.15) is 4.73 Å². The van der Waals surface area contributed by atoms with Crippen LogP contribution in [0.15, 0.2) is 84.7 Å². The third kappa shape index (κ3) is 9.73. The SMILES string of the molecule is C=C1C=CC=C(C(C)C)C1.CC(C)c1ccc[n+]([O-])c1.Cc1cccc(C(C)C)c1. The lowest BCUT2D eigenvalue weighted by Crippen LogP contribution is -2.24. The van der Waals surface area contributed by atoms with Crippen LogP contribution in [0, 0.1) is 18.0 Å². The summed E-state index contributed by atoms with van der Waals surface area (Å²) in [4.78, 5) is 0. The summed E-state index contributed by atoms with van der Waals surface area (Å²) < 4.78 is 0.829. The maximum atomic E-state index is 10.7. The summed E-state index contributed by atoms with van der Waals surface area (Å²) in [5.74, 6) is 1.75. The van der Waals surface area contributed by atoms with Crippen LogP contribution in [0.1, 0.15) is 76.5 Å². The first-order valence-corrected chi connectivity index (χ1v) is 10.9. The zero-order valence-electron chi connectivity index (χ0n) is 19.9. The van der Waals surface area contributed by atoms with Gasteiger partial charge >= 0.3 is 0 Å². The number of allylic oxidation sites excluding steroid dienone is 5. The molecular formula is C28H39NO. The first-order chi connectivity index (χ1) is 14.1. The van der Waals surface area contributed by atoms with Crippen molar-refractivity contribution in [3.05, 3.63) is 107 Å². The third-order valence-electron chi connectivity index (χ3n) is 4.99. The lowest BCUT2D eigenvalue weighted by atomic mass is 9.93. The van der Waals surface area contributed by atoms with E-state index in [-0.39, 0.29) is 0 Å². The molecule has 2 aromatic rings. The molecular weight excluding hydrogens is 366 g/mol. The molecule has 0 saturated heterocycles. The molecule has 30 heavy (non-hydrogen) atoms. The molecule has 2 nitrogen and oxygen atoms in total. The topological polar surface area (TPSA) is 26.9 Å². The zero-order valence-corrected chi connectivity index (χ0v) is 19.9. The molecule has 1 aromatic heterocycles.